The summed E-state index contributed by atoms with van der Waals surface area (Å²) in [7, 11) is 0. The lowest BCUT2D eigenvalue weighted by Gasteiger charge is -2.03. The third-order valence-electron chi connectivity index (χ3n) is 3.06. The highest BCUT2D eigenvalue weighted by atomic mass is 19.1. The lowest BCUT2D eigenvalue weighted by Crippen LogP contribution is -1.95. The number of hydrogen-bond donors (Lipinski definition) is 0. The molecular formula is C16H13FO2. The molecule has 3 heteroatoms. The second kappa shape index (κ2) is 4.43. The van der Waals surface area contributed by atoms with Gasteiger partial charge in [-0.05, 0) is 30.7 Å². The predicted molar refractivity (Wildman–Crippen MR) is 74.1 cm³/mol. The van der Waals surface area contributed by atoms with Crippen molar-refractivity contribution in [2.45, 2.75) is 6.92 Å². The Labute approximate surface area is 110 Å². The van der Waals surface area contributed by atoms with E-state index in [1.54, 1.807) is 12.1 Å². The molecule has 0 fully saturated rings. The molecule has 0 unspecified atom stereocenters. The smallest absolute Gasteiger partial charge is 0.208 e. The van der Waals surface area contributed by atoms with Gasteiger partial charge >= 0.3 is 0 Å². The molecule has 0 radical (unpaired) electrons. The van der Waals surface area contributed by atoms with Crippen molar-refractivity contribution >= 4 is 21.9 Å². The Morgan fingerprint density at radius 3 is 2.84 bits per heavy atom. The van der Waals surface area contributed by atoms with Crippen LogP contribution < -0.4 is 4.74 Å². The molecule has 2 nitrogen and oxygen atoms in total. The van der Waals surface area contributed by atoms with E-state index in [1.807, 2.05) is 31.2 Å². The van der Waals surface area contributed by atoms with E-state index >= 15 is 0 Å². The number of halogens is 1. The fraction of sp³-hybridized carbons (Fsp3) is 0.125. The summed E-state index contributed by atoms with van der Waals surface area (Å²) in [6, 6.07) is 9.27. The summed E-state index contributed by atoms with van der Waals surface area (Å²) in [6.45, 7) is 5.78. The Morgan fingerprint density at radius 2 is 2.05 bits per heavy atom. The number of rotatable bonds is 3. The van der Waals surface area contributed by atoms with Gasteiger partial charge in [0, 0.05) is 10.8 Å². The molecule has 96 valence electrons. The van der Waals surface area contributed by atoms with Crippen LogP contribution in [0.25, 0.3) is 21.9 Å². The van der Waals surface area contributed by atoms with Crippen molar-refractivity contribution in [3.05, 3.63) is 54.4 Å². The maximum Gasteiger partial charge on any atom is 0.208 e. The maximum absolute atomic E-state index is 14.3. The van der Waals surface area contributed by atoms with E-state index in [9.17, 15) is 4.39 Å². The van der Waals surface area contributed by atoms with Crippen LogP contribution >= 0.6 is 0 Å². The van der Waals surface area contributed by atoms with E-state index in [0.29, 0.717) is 5.58 Å². The van der Waals surface area contributed by atoms with Crippen LogP contribution in [0, 0.1) is 12.7 Å². The van der Waals surface area contributed by atoms with Gasteiger partial charge in [-0.1, -0.05) is 24.8 Å². The summed E-state index contributed by atoms with van der Waals surface area (Å²) >= 11 is 0. The second-order valence-electron chi connectivity index (χ2n) is 4.46. The van der Waals surface area contributed by atoms with Crippen molar-refractivity contribution in [1.82, 2.24) is 0 Å². The van der Waals surface area contributed by atoms with Crippen LogP contribution in [-0.2, 0) is 0 Å². The molecule has 3 rings (SSSR count). The van der Waals surface area contributed by atoms with Crippen LogP contribution in [0.3, 0.4) is 0 Å². The minimum atomic E-state index is -0.465. The van der Waals surface area contributed by atoms with Crippen LogP contribution in [0.2, 0.25) is 0 Å². The van der Waals surface area contributed by atoms with E-state index in [4.69, 9.17) is 9.15 Å². The van der Waals surface area contributed by atoms with Gasteiger partial charge in [0.25, 0.3) is 0 Å². The lowest BCUT2D eigenvalue weighted by atomic mass is 10.1. The van der Waals surface area contributed by atoms with Crippen molar-refractivity contribution in [1.29, 1.82) is 0 Å². The molecule has 2 aromatic carbocycles. The summed E-state index contributed by atoms with van der Waals surface area (Å²) in [5, 5.41) is 1.67. The first-order valence-electron chi connectivity index (χ1n) is 6.06. The molecule has 1 heterocycles. The zero-order valence-electron chi connectivity index (χ0n) is 10.6. The summed E-state index contributed by atoms with van der Waals surface area (Å²) in [5.74, 6) is -0.281. The number of ether oxygens (including phenoxy) is 1. The largest absolute Gasteiger partial charge is 0.486 e. The molecule has 0 aliphatic heterocycles. The highest BCUT2D eigenvalue weighted by molar-refractivity contribution is 6.05. The number of hydrogen-bond acceptors (Lipinski definition) is 2. The van der Waals surface area contributed by atoms with E-state index < -0.39 is 5.82 Å². The molecule has 0 amide bonds. The highest BCUT2D eigenvalue weighted by Crippen LogP contribution is 2.34. The van der Waals surface area contributed by atoms with Gasteiger partial charge in [-0.25, -0.2) is 0 Å². The van der Waals surface area contributed by atoms with Gasteiger partial charge in [0.15, 0.2) is 11.3 Å². The Kier molecular flexibility index (Phi) is 2.75. The first-order chi connectivity index (χ1) is 9.20. The van der Waals surface area contributed by atoms with Gasteiger partial charge < -0.3 is 9.15 Å². The summed E-state index contributed by atoms with van der Waals surface area (Å²) in [5.41, 5.74) is 2.01. The summed E-state index contributed by atoms with van der Waals surface area (Å²) in [4.78, 5) is 0. The molecule has 0 aliphatic carbocycles. The van der Waals surface area contributed by atoms with Crippen LogP contribution in [0.5, 0.6) is 5.75 Å². The van der Waals surface area contributed by atoms with Crippen LogP contribution in [0.4, 0.5) is 4.39 Å². The Morgan fingerprint density at radius 1 is 1.26 bits per heavy atom. The predicted octanol–water partition coefficient (Wildman–Crippen LogP) is 4.60. The quantitative estimate of drug-likeness (QED) is 0.639. The molecule has 1 aromatic heterocycles. The third kappa shape index (κ3) is 1.87. The first kappa shape index (κ1) is 11.8. The first-order valence-corrected chi connectivity index (χ1v) is 6.06. The van der Waals surface area contributed by atoms with Crippen LogP contribution in [0.15, 0.2) is 47.4 Å². The monoisotopic (exact) mass is 256 g/mol. The average Bonchev–Trinajstić information content (AvgIpc) is 2.76. The van der Waals surface area contributed by atoms with Crippen LogP contribution in [-0.4, -0.2) is 6.61 Å². The van der Waals surface area contributed by atoms with Crippen molar-refractivity contribution < 1.29 is 13.5 Å². The number of benzene rings is 2. The molecule has 19 heavy (non-hydrogen) atoms. The van der Waals surface area contributed by atoms with E-state index in [2.05, 4.69) is 6.58 Å². The number of fused-ring (bicyclic) bond motifs is 3. The molecule has 0 bridgehead atoms. The molecule has 0 atom stereocenters. The van der Waals surface area contributed by atoms with Gasteiger partial charge in [0.2, 0.25) is 5.82 Å². The van der Waals surface area contributed by atoms with E-state index in [-0.39, 0.29) is 17.9 Å². The Balaban J connectivity index is 2.25. The number of furan rings is 1. The molecule has 0 aliphatic rings. The summed E-state index contributed by atoms with van der Waals surface area (Å²) in [6.07, 6.45) is 1.58. The minimum absolute atomic E-state index is 0.183. The van der Waals surface area contributed by atoms with Crippen molar-refractivity contribution in [3.8, 4) is 5.75 Å². The topological polar surface area (TPSA) is 22.4 Å². The highest BCUT2D eigenvalue weighted by Gasteiger charge is 2.15. The van der Waals surface area contributed by atoms with Gasteiger partial charge in [0.05, 0.1) is 0 Å². The normalized spacial score (nSPS) is 11.1. The van der Waals surface area contributed by atoms with Crippen molar-refractivity contribution in [2.75, 3.05) is 6.61 Å². The second-order valence-corrected chi connectivity index (χ2v) is 4.46. The molecular weight excluding hydrogens is 243 g/mol. The molecule has 0 N–H and O–H groups in total. The minimum Gasteiger partial charge on any atom is -0.486 e. The fourth-order valence-electron chi connectivity index (χ4n) is 2.16. The van der Waals surface area contributed by atoms with Crippen LogP contribution in [0.1, 0.15) is 5.56 Å². The zero-order valence-corrected chi connectivity index (χ0v) is 10.6. The lowest BCUT2D eigenvalue weighted by molar-refractivity contribution is 0.342. The Hall–Kier alpha value is -2.29. The van der Waals surface area contributed by atoms with Crippen molar-refractivity contribution in [3.63, 3.8) is 0 Å². The molecule has 0 spiro atoms. The van der Waals surface area contributed by atoms with E-state index in [0.717, 1.165) is 16.3 Å². The molecule has 3 aromatic rings. The van der Waals surface area contributed by atoms with Gasteiger partial charge in [-0.3, -0.25) is 0 Å². The number of aryl methyl sites for hydroxylation is 1. The van der Waals surface area contributed by atoms with E-state index in [1.165, 1.54) is 0 Å². The SMILES string of the molecule is C=CCOc1ccc2c(oc3cc(C)ccc32)c1F. The van der Waals surface area contributed by atoms with Gasteiger partial charge in [-0.2, -0.15) is 4.39 Å². The molecule has 0 saturated carbocycles. The van der Waals surface area contributed by atoms with Gasteiger partial charge in [-0.15, -0.1) is 0 Å². The zero-order chi connectivity index (χ0) is 13.4. The standard InChI is InChI=1S/C16H13FO2/c1-3-8-18-13-7-6-12-11-5-4-10(2)9-14(11)19-16(12)15(13)17/h3-7,9H,1,8H2,2H3. The fourth-order valence-corrected chi connectivity index (χ4v) is 2.16. The average molecular weight is 256 g/mol. The third-order valence-corrected chi connectivity index (χ3v) is 3.06. The summed E-state index contributed by atoms with van der Waals surface area (Å²) < 4.78 is 25.1. The maximum atomic E-state index is 14.3. The van der Waals surface area contributed by atoms with Crippen molar-refractivity contribution in [2.24, 2.45) is 0 Å². The molecule has 0 saturated heterocycles. The Bertz CT molecular complexity index is 771. The van der Waals surface area contributed by atoms with Gasteiger partial charge in [0.1, 0.15) is 12.2 Å².